The molecule has 0 aliphatic carbocycles. The molecule has 3 aromatic rings. The predicted octanol–water partition coefficient (Wildman–Crippen LogP) is 4.45. The Balaban J connectivity index is 1.09. The maximum Gasteiger partial charge on any atom is 0.251 e. The summed E-state index contributed by atoms with van der Waals surface area (Å²) in [7, 11) is 1.67. The van der Waals surface area contributed by atoms with Crippen molar-refractivity contribution in [2.24, 2.45) is 0 Å². The molecule has 2 aliphatic heterocycles. The number of nitrogens with zero attached hydrogens (tertiary/aromatic N) is 2. The van der Waals surface area contributed by atoms with Gasteiger partial charge in [0.25, 0.3) is 5.91 Å². The first-order valence-corrected chi connectivity index (χ1v) is 12.9. The Morgan fingerprint density at radius 2 is 1.78 bits per heavy atom. The second-order valence-electron chi connectivity index (χ2n) is 9.49. The van der Waals surface area contributed by atoms with Crippen molar-refractivity contribution < 1.29 is 14.3 Å². The van der Waals surface area contributed by atoms with E-state index < -0.39 is 0 Å². The van der Waals surface area contributed by atoms with E-state index in [1.807, 2.05) is 30.3 Å². The number of nitrogens with one attached hydrogen (secondary N) is 1. The number of ether oxygens (including phenoxy) is 2. The fourth-order valence-electron chi connectivity index (χ4n) is 5.09. The molecule has 1 fully saturated rings. The van der Waals surface area contributed by atoms with E-state index in [1.54, 1.807) is 7.05 Å². The molecule has 6 heteroatoms. The quantitative estimate of drug-likeness (QED) is 0.511. The van der Waals surface area contributed by atoms with Gasteiger partial charge in [-0.15, -0.1) is 0 Å². The molecule has 0 radical (unpaired) electrons. The van der Waals surface area contributed by atoms with E-state index in [0.29, 0.717) is 13.2 Å². The maximum absolute atomic E-state index is 12.0. The van der Waals surface area contributed by atoms with Crippen LogP contribution in [0.1, 0.15) is 39.6 Å². The van der Waals surface area contributed by atoms with Crippen LogP contribution in [0.15, 0.2) is 72.8 Å². The van der Waals surface area contributed by atoms with Crippen molar-refractivity contribution >= 4 is 11.6 Å². The predicted molar refractivity (Wildman–Crippen MR) is 143 cm³/mol. The molecule has 0 bridgehead atoms. The maximum atomic E-state index is 12.0. The number of carbonyl (C=O) groups excluding carboxylic acids is 1. The summed E-state index contributed by atoms with van der Waals surface area (Å²) in [6.45, 7) is 6.44. The molecule has 1 unspecified atom stereocenters. The lowest BCUT2D eigenvalue weighted by molar-refractivity contribution is 0.0288. The molecule has 1 atom stereocenters. The standard InChI is InChI=1S/C30H35N3O3/c1-31-30(34)25-7-12-28-24(21-25)14-20-35-29(28)13-15-32-16-18-33(19-17-32)26-8-10-27(11-9-26)36-22-23-5-3-2-4-6-23/h2-12,21,29H,13-20,22H2,1H3,(H,31,34). The smallest absolute Gasteiger partial charge is 0.251 e. The number of rotatable bonds is 8. The van der Waals surface area contributed by atoms with E-state index in [2.05, 4.69) is 57.6 Å². The van der Waals surface area contributed by atoms with Gasteiger partial charge in [0.05, 0.1) is 12.7 Å². The molecule has 188 valence electrons. The Kier molecular flexibility index (Phi) is 7.84. The number of amides is 1. The van der Waals surface area contributed by atoms with Crippen molar-refractivity contribution in [2.45, 2.75) is 25.6 Å². The van der Waals surface area contributed by atoms with Crippen molar-refractivity contribution in [3.8, 4) is 5.75 Å². The zero-order chi connectivity index (χ0) is 24.7. The van der Waals surface area contributed by atoms with Crippen LogP contribution in [0, 0.1) is 0 Å². The lowest BCUT2D eigenvalue weighted by Gasteiger charge is -2.37. The first-order chi connectivity index (χ1) is 17.7. The van der Waals surface area contributed by atoms with Crippen LogP contribution >= 0.6 is 0 Å². The van der Waals surface area contributed by atoms with Crippen LogP contribution in [0.4, 0.5) is 5.69 Å². The molecule has 1 N–H and O–H groups in total. The zero-order valence-electron chi connectivity index (χ0n) is 21.0. The second kappa shape index (κ2) is 11.6. The van der Waals surface area contributed by atoms with E-state index in [-0.39, 0.29) is 12.0 Å². The third-order valence-electron chi connectivity index (χ3n) is 7.20. The van der Waals surface area contributed by atoms with Crippen LogP contribution in [0.5, 0.6) is 5.75 Å². The number of benzene rings is 3. The van der Waals surface area contributed by atoms with Gasteiger partial charge in [-0.2, -0.15) is 0 Å². The average Bonchev–Trinajstić information content (AvgIpc) is 2.95. The monoisotopic (exact) mass is 485 g/mol. The molecule has 1 saturated heterocycles. The molecule has 2 aliphatic rings. The van der Waals surface area contributed by atoms with E-state index in [0.717, 1.165) is 56.9 Å². The molecule has 6 nitrogen and oxygen atoms in total. The fourth-order valence-corrected chi connectivity index (χ4v) is 5.09. The molecule has 0 saturated carbocycles. The van der Waals surface area contributed by atoms with Crippen LogP contribution in [0.25, 0.3) is 0 Å². The number of hydrogen-bond donors (Lipinski definition) is 1. The molecule has 0 spiro atoms. The highest BCUT2D eigenvalue weighted by atomic mass is 16.5. The summed E-state index contributed by atoms with van der Waals surface area (Å²) in [5.41, 5.74) is 5.63. The van der Waals surface area contributed by atoms with E-state index in [1.165, 1.54) is 22.4 Å². The normalized spacial score (nSPS) is 17.9. The van der Waals surface area contributed by atoms with Gasteiger partial charge >= 0.3 is 0 Å². The van der Waals surface area contributed by atoms with E-state index >= 15 is 0 Å². The van der Waals surface area contributed by atoms with Crippen molar-refractivity contribution in [1.29, 1.82) is 0 Å². The van der Waals surface area contributed by atoms with E-state index in [9.17, 15) is 4.79 Å². The summed E-state index contributed by atoms with van der Waals surface area (Å²) < 4.78 is 12.1. The highest BCUT2D eigenvalue weighted by Crippen LogP contribution is 2.31. The van der Waals surface area contributed by atoms with Gasteiger partial charge in [0, 0.05) is 51.0 Å². The lowest BCUT2D eigenvalue weighted by atomic mass is 9.93. The van der Waals surface area contributed by atoms with Crippen LogP contribution in [-0.2, 0) is 17.8 Å². The van der Waals surface area contributed by atoms with Gasteiger partial charge in [-0.25, -0.2) is 0 Å². The third kappa shape index (κ3) is 5.89. The topological polar surface area (TPSA) is 54.0 Å². The highest BCUT2D eigenvalue weighted by Gasteiger charge is 2.24. The molecule has 3 aromatic carbocycles. The van der Waals surface area contributed by atoms with Gasteiger partial charge in [-0.3, -0.25) is 9.69 Å². The minimum absolute atomic E-state index is 0.0342. The SMILES string of the molecule is CNC(=O)c1ccc2c(c1)CCOC2CCN1CCN(c2ccc(OCc3ccccc3)cc2)CC1. The Morgan fingerprint density at radius 3 is 2.53 bits per heavy atom. The zero-order valence-corrected chi connectivity index (χ0v) is 21.0. The number of fused-ring (bicyclic) bond motifs is 1. The summed E-state index contributed by atoms with van der Waals surface area (Å²) in [5.74, 6) is 0.865. The van der Waals surface area contributed by atoms with Crippen molar-refractivity contribution in [1.82, 2.24) is 10.2 Å². The number of piperazine rings is 1. The molecule has 5 rings (SSSR count). The third-order valence-corrected chi connectivity index (χ3v) is 7.20. The molecule has 0 aromatic heterocycles. The number of hydrogen-bond acceptors (Lipinski definition) is 5. The Labute approximate surface area is 213 Å². The summed E-state index contributed by atoms with van der Waals surface area (Å²) in [4.78, 5) is 17.0. The molecule has 2 heterocycles. The first kappa shape index (κ1) is 24.3. The van der Waals surface area contributed by atoms with Crippen molar-refractivity contribution in [3.05, 3.63) is 95.1 Å². The largest absolute Gasteiger partial charge is 0.489 e. The van der Waals surface area contributed by atoms with Crippen LogP contribution in [0.2, 0.25) is 0 Å². The van der Waals surface area contributed by atoms with Gasteiger partial charge in [0.1, 0.15) is 12.4 Å². The second-order valence-corrected chi connectivity index (χ2v) is 9.49. The van der Waals surface area contributed by atoms with Gasteiger partial charge < -0.3 is 19.7 Å². The van der Waals surface area contributed by atoms with Crippen molar-refractivity contribution in [2.75, 3.05) is 51.3 Å². The number of anilines is 1. The lowest BCUT2D eigenvalue weighted by Crippen LogP contribution is -2.46. The van der Waals surface area contributed by atoms with Crippen LogP contribution in [0.3, 0.4) is 0 Å². The molecular formula is C30H35N3O3. The van der Waals surface area contributed by atoms with E-state index in [4.69, 9.17) is 9.47 Å². The van der Waals surface area contributed by atoms with Crippen LogP contribution < -0.4 is 15.0 Å². The highest BCUT2D eigenvalue weighted by molar-refractivity contribution is 5.94. The molecule has 1 amide bonds. The average molecular weight is 486 g/mol. The first-order valence-electron chi connectivity index (χ1n) is 12.9. The summed E-state index contributed by atoms with van der Waals surface area (Å²) in [5, 5.41) is 2.71. The Bertz CT molecular complexity index is 1140. The van der Waals surface area contributed by atoms with Gasteiger partial charge in [0.15, 0.2) is 0 Å². The van der Waals surface area contributed by atoms with Gasteiger partial charge in [-0.1, -0.05) is 36.4 Å². The minimum Gasteiger partial charge on any atom is -0.489 e. The Hall–Kier alpha value is -3.35. The fraction of sp³-hybridized carbons (Fsp3) is 0.367. The summed E-state index contributed by atoms with van der Waals surface area (Å²) in [6, 6.07) is 24.7. The van der Waals surface area contributed by atoms with Crippen LogP contribution in [-0.4, -0.2) is 57.2 Å². The summed E-state index contributed by atoms with van der Waals surface area (Å²) >= 11 is 0. The van der Waals surface area contributed by atoms with Crippen molar-refractivity contribution in [3.63, 3.8) is 0 Å². The Morgan fingerprint density at radius 1 is 1.00 bits per heavy atom. The summed E-state index contributed by atoms with van der Waals surface area (Å²) in [6.07, 6.45) is 1.94. The van der Waals surface area contributed by atoms with Gasteiger partial charge in [0.2, 0.25) is 0 Å². The van der Waals surface area contributed by atoms with Gasteiger partial charge in [-0.05, 0) is 65.9 Å². The number of carbonyl (C=O) groups is 1. The molecule has 36 heavy (non-hydrogen) atoms. The minimum atomic E-state index is -0.0342. The molecular weight excluding hydrogens is 450 g/mol.